The van der Waals surface area contributed by atoms with Crippen LogP contribution < -0.4 is 5.32 Å². The fourth-order valence-electron chi connectivity index (χ4n) is 2.13. The van der Waals surface area contributed by atoms with Gasteiger partial charge in [0.2, 0.25) is 0 Å². The molecule has 0 aliphatic rings. The second kappa shape index (κ2) is 5.93. The van der Waals surface area contributed by atoms with E-state index in [1.54, 1.807) is 6.07 Å². The number of rotatable bonds is 4. The van der Waals surface area contributed by atoms with Gasteiger partial charge in [-0.15, -0.1) is 0 Å². The molecular weight excluding hydrogens is 244 g/mol. The van der Waals surface area contributed by atoms with Crippen molar-refractivity contribution in [2.75, 3.05) is 0 Å². The minimum atomic E-state index is -0.803. The normalized spacial score (nSPS) is 12.4. The average molecular weight is 261 g/mol. The van der Waals surface area contributed by atoms with Crippen LogP contribution in [0.1, 0.15) is 29.7 Å². The molecule has 0 aromatic heterocycles. The molecule has 2 aromatic rings. The molecule has 100 valence electrons. The van der Waals surface area contributed by atoms with Gasteiger partial charge in [-0.25, -0.2) is 8.78 Å². The summed E-state index contributed by atoms with van der Waals surface area (Å²) in [5, 5.41) is 3.22. The fraction of sp³-hybridized carbons (Fsp3) is 0.250. The number of hydrogen-bond donors (Lipinski definition) is 1. The van der Waals surface area contributed by atoms with Crippen LogP contribution in [0.3, 0.4) is 0 Å². The van der Waals surface area contributed by atoms with Gasteiger partial charge in [0.1, 0.15) is 0 Å². The lowest BCUT2D eigenvalue weighted by Crippen LogP contribution is -2.19. The highest BCUT2D eigenvalue weighted by Crippen LogP contribution is 2.18. The summed E-state index contributed by atoms with van der Waals surface area (Å²) >= 11 is 0. The van der Waals surface area contributed by atoms with E-state index in [9.17, 15) is 8.78 Å². The highest BCUT2D eigenvalue weighted by atomic mass is 19.2. The molecule has 0 saturated heterocycles. The van der Waals surface area contributed by atoms with Crippen LogP contribution >= 0.6 is 0 Å². The van der Waals surface area contributed by atoms with Gasteiger partial charge in [0.25, 0.3) is 0 Å². The summed E-state index contributed by atoms with van der Waals surface area (Å²) in [6.45, 7) is 4.36. The Morgan fingerprint density at radius 3 is 2.53 bits per heavy atom. The van der Waals surface area contributed by atoms with Crippen LogP contribution in [0.2, 0.25) is 0 Å². The molecule has 2 aromatic carbocycles. The van der Waals surface area contributed by atoms with E-state index in [0.29, 0.717) is 12.1 Å². The summed E-state index contributed by atoms with van der Waals surface area (Å²) < 4.78 is 26.6. The molecule has 2 rings (SSSR count). The third-order valence-electron chi connectivity index (χ3n) is 3.29. The van der Waals surface area contributed by atoms with Gasteiger partial charge in [-0.1, -0.05) is 36.4 Å². The fourth-order valence-corrected chi connectivity index (χ4v) is 2.13. The van der Waals surface area contributed by atoms with E-state index in [-0.39, 0.29) is 6.04 Å². The highest BCUT2D eigenvalue weighted by molar-refractivity contribution is 5.28. The summed E-state index contributed by atoms with van der Waals surface area (Å²) in [7, 11) is 0. The van der Waals surface area contributed by atoms with Crippen molar-refractivity contribution >= 4 is 0 Å². The quantitative estimate of drug-likeness (QED) is 0.872. The van der Waals surface area contributed by atoms with Crippen LogP contribution in [-0.4, -0.2) is 0 Å². The molecular formula is C16H17F2N. The standard InChI is InChI=1S/C16H17F2N/c1-11-6-3-4-8-14(11)12(2)19-10-13-7-5-9-15(17)16(13)18/h3-9,12,19H,10H2,1-2H3. The van der Waals surface area contributed by atoms with Gasteiger partial charge in [0.15, 0.2) is 11.6 Å². The molecule has 0 fully saturated rings. The Labute approximate surface area is 112 Å². The Morgan fingerprint density at radius 2 is 1.79 bits per heavy atom. The van der Waals surface area contributed by atoms with Gasteiger partial charge in [-0.2, -0.15) is 0 Å². The van der Waals surface area contributed by atoms with E-state index in [1.165, 1.54) is 17.2 Å². The van der Waals surface area contributed by atoms with E-state index in [2.05, 4.69) is 5.32 Å². The van der Waals surface area contributed by atoms with Crippen LogP contribution in [-0.2, 0) is 6.54 Å². The minimum absolute atomic E-state index is 0.0869. The second-order valence-electron chi connectivity index (χ2n) is 4.67. The maximum absolute atomic E-state index is 13.5. The molecule has 0 amide bonds. The third kappa shape index (κ3) is 3.18. The first kappa shape index (κ1) is 13.7. The van der Waals surface area contributed by atoms with Crippen LogP contribution in [0.15, 0.2) is 42.5 Å². The first-order valence-corrected chi connectivity index (χ1v) is 6.31. The van der Waals surface area contributed by atoms with Crippen LogP contribution in [0.4, 0.5) is 8.78 Å². The van der Waals surface area contributed by atoms with Crippen LogP contribution in [0.25, 0.3) is 0 Å². The lowest BCUT2D eigenvalue weighted by molar-refractivity contribution is 0.484. The summed E-state index contributed by atoms with van der Waals surface area (Å²) in [6.07, 6.45) is 0. The van der Waals surface area contributed by atoms with E-state index in [0.717, 1.165) is 6.07 Å². The van der Waals surface area contributed by atoms with Crippen molar-refractivity contribution in [1.29, 1.82) is 0 Å². The van der Waals surface area contributed by atoms with Crippen molar-refractivity contribution in [3.8, 4) is 0 Å². The molecule has 0 radical (unpaired) electrons. The first-order chi connectivity index (χ1) is 9.09. The molecule has 0 bridgehead atoms. The molecule has 0 heterocycles. The number of benzene rings is 2. The molecule has 1 nitrogen and oxygen atoms in total. The zero-order chi connectivity index (χ0) is 13.8. The zero-order valence-electron chi connectivity index (χ0n) is 11.1. The van der Waals surface area contributed by atoms with Crippen molar-refractivity contribution in [2.24, 2.45) is 0 Å². The van der Waals surface area contributed by atoms with Gasteiger partial charge < -0.3 is 5.32 Å². The van der Waals surface area contributed by atoms with Crippen molar-refractivity contribution in [3.63, 3.8) is 0 Å². The lowest BCUT2D eigenvalue weighted by atomic mass is 10.0. The van der Waals surface area contributed by atoms with Crippen molar-refractivity contribution in [1.82, 2.24) is 5.32 Å². The highest BCUT2D eigenvalue weighted by Gasteiger charge is 2.10. The SMILES string of the molecule is Cc1ccccc1C(C)NCc1cccc(F)c1F. The maximum atomic E-state index is 13.5. The minimum Gasteiger partial charge on any atom is -0.306 e. The maximum Gasteiger partial charge on any atom is 0.163 e. The summed E-state index contributed by atoms with van der Waals surface area (Å²) in [5.41, 5.74) is 2.70. The van der Waals surface area contributed by atoms with E-state index < -0.39 is 11.6 Å². The first-order valence-electron chi connectivity index (χ1n) is 6.31. The Morgan fingerprint density at radius 1 is 1.05 bits per heavy atom. The predicted molar refractivity (Wildman–Crippen MR) is 72.8 cm³/mol. The largest absolute Gasteiger partial charge is 0.306 e. The molecule has 0 aliphatic carbocycles. The molecule has 3 heteroatoms. The average Bonchev–Trinajstić information content (AvgIpc) is 2.40. The van der Waals surface area contributed by atoms with Gasteiger partial charge in [0.05, 0.1) is 0 Å². The van der Waals surface area contributed by atoms with Crippen LogP contribution in [0.5, 0.6) is 0 Å². The molecule has 0 saturated carbocycles. The molecule has 1 unspecified atom stereocenters. The molecule has 0 spiro atoms. The monoisotopic (exact) mass is 261 g/mol. The number of nitrogens with one attached hydrogen (secondary N) is 1. The van der Waals surface area contributed by atoms with Gasteiger partial charge in [0, 0.05) is 18.2 Å². The molecule has 19 heavy (non-hydrogen) atoms. The topological polar surface area (TPSA) is 12.0 Å². The Bertz CT molecular complexity index is 566. The van der Waals surface area contributed by atoms with Crippen molar-refractivity contribution < 1.29 is 8.78 Å². The van der Waals surface area contributed by atoms with Gasteiger partial charge >= 0.3 is 0 Å². The predicted octanol–water partition coefficient (Wildman–Crippen LogP) is 4.12. The molecule has 1 N–H and O–H groups in total. The van der Waals surface area contributed by atoms with E-state index in [4.69, 9.17) is 0 Å². The van der Waals surface area contributed by atoms with Gasteiger partial charge in [-0.05, 0) is 31.0 Å². The number of aryl methyl sites for hydroxylation is 1. The third-order valence-corrected chi connectivity index (χ3v) is 3.29. The summed E-state index contributed by atoms with van der Waals surface area (Å²) in [4.78, 5) is 0. The van der Waals surface area contributed by atoms with Crippen molar-refractivity contribution in [3.05, 3.63) is 70.8 Å². The van der Waals surface area contributed by atoms with Crippen LogP contribution in [0, 0.1) is 18.6 Å². The molecule has 0 aliphatic heterocycles. The summed E-state index contributed by atoms with van der Waals surface area (Å²) in [6, 6.07) is 12.4. The van der Waals surface area contributed by atoms with Crippen molar-refractivity contribution in [2.45, 2.75) is 26.4 Å². The number of hydrogen-bond acceptors (Lipinski definition) is 1. The Kier molecular flexibility index (Phi) is 4.27. The Hall–Kier alpha value is -1.74. The van der Waals surface area contributed by atoms with E-state index >= 15 is 0 Å². The zero-order valence-corrected chi connectivity index (χ0v) is 11.1. The summed E-state index contributed by atoms with van der Waals surface area (Å²) in [5.74, 6) is -1.57. The smallest absolute Gasteiger partial charge is 0.163 e. The second-order valence-corrected chi connectivity index (χ2v) is 4.67. The van der Waals surface area contributed by atoms with Gasteiger partial charge in [-0.3, -0.25) is 0 Å². The Balaban J connectivity index is 2.07. The van der Waals surface area contributed by atoms with E-state index in [1.807, 2.05) is 38.1 Å². The molecule has 1 atom stereocenters. The lowest BCUT2D eigenvalue weighted by Gasteiger charge is -2.16. The number of halogens is 2.